The molecule has 1 aromatic carbocycles. The van der Waals surface area contributed by atoms with Crippen molar-refractivity contribution < 1.29 is 9.90 Å². The maximum atomic E-state index is 11.1. The van der Waals surface area contributed by atoms with Crippen molar-refractivity contribution in [2.75, 3.05) is 11.9 Å². The van der Waals surface area contributed by atoms with E-state index in [1.165, 1.54) is 12.5 Å². The summed E-state index contributed by atoms with van der Waals surface area (Å²) < 4.78 is 0. The van der Waals surface area contributed by atoms with Crippen LogP contribution in [0.25, 0.3) is 0 Å². The Morgan fingerprint density at radius 1 is 1.29 bits per heavy atom. The number of aliphatic hydroxyl groups is 1. The van der Waals surface area contributed by atoms with Gasteiger partial charge in [0.1, 0.15) is 0 Å². The molecule has 2 aromatic rings. The molecule has 0 radical (unpaired) electrons. The summed E-state index contributed by atoms with van der Waals surface area (Å²) >= 11 is 1.59. The molecule has 1 unspecified atom stereocenters. The van der Waals surface area contributed by atoms with E-state index in [1.807, 2.05) is 29.6 Å². The number of hydrogen-bond acceptors (Lipinski definition) is 4. The molecule has 0 spiro atoms. The first-order valence-corrected chi connectivity index (χ1v) is 7.79. The van der Waals surface area contributed by atoms with Crippen molar-refractivity contribution >= 4 is 22.9 Å². The van der Waals surface area contributed by atoms with Crippen LogP contribution in [-0.4, -0.2) is 23.7 Å². The van der Waals surface area contributed by atoms with Gasteiger partial charge in [-0.15, -0.1) is 11.3 Å². The second-order valence-corrected chi connectivity index (χ2v) is 5.89. The van der Waals surface area contributed by atoms with Crippen LogP contribution in [0.3, 0.4) is 0 Å². The Morgan fingerprint density at radius 3 is 2.71 bits per heavy atom. The van der Waals surface area contributed by atoms with E-state index in [9.17, 15) is 9.90 Å². The molecule has 112 valence electrons. The third-order valence-corrected chi connectivity index (χ3v) is 4.07. The molecule has 1 heterocycles. The van der Waals surface area contributed by atoms with E-state index in [0.717, 1.165) is 17.0 Å². The molecular weight excluding hydrogens is 284 g/mol. The minimum Gasteiger partial charge on any atom is -0.395 e. The molecule has 0 saturated carbocycles. The fraction of sp³-hybridized carbons (Fsp3) is 0.312. The number of carbonyl (C=O) groups is 1. The highest BCUT2D eigenvalue weighted by atomic mass is 32.1. The second-order valence-electron chi connectivity index (χ2n) is 4.89. The first-order chi connectivity index (χ1) is 10.2. The monoisotopic (exact) mass is 304 g/mol. The summed E-state index contributed by atoms with van der Waals surface area (Å²) in [6.07, 6.45) is 0.776. The Bertz CT molecular complexity index is 569. The standard InChI is InChI=1S/C16H20N2O2S/c1-12(20)18-15-7-8-21-16(15)10-17-14(11-19)9-13-5-3-2-4-6-13/h2-8,14,17,19H,9-11H2,1H3,(H,18,20). The fourth-order valence-electron chi connectivity index (χ4n) is 2.12. The van der Waals surface area contributed by atoms with Gasteiger partial charge >= 0.3 is 0 Å². The molecule has 1 aromatic heterocycles. The number of amides is 1. The maximum Gasteiger partial charge on any atom is 0.221 e. The molecule has 21 heavy (non-hydrogen) atoms. The Hall–Kier alpha value is -1.69. The molecule has 0 fully saturated rings. The Kier molecular flexibility index (Phi) is 5.92. The van der Waals surface area contributed by atoms with Crippen LogP contribution in [-0.2, 0) is 17.8 Å². The van der Waals surface area contributed by atoms with Gasteiger partial charge in [0, 0.05) is 24.4 Å². The van der Waals surface area contributed by atoms with Crippen LogP contribution >= 0.6 is 11.3 Å². The van der Waals surface area contributed by atoms with Gasteiger partial charge in [0.25, 0.3) is 0 Å². The summed E-state index contributed by atoms with van der Waals surface area (Å²) in [5.41, 5.74) is 2.04. The fourth-order valence-corrected chi connectivity index (χ4v) is 2.90. The lowest BCUT2D eigenvalue weighted by Crippen LogP contribution is -2.34. The molecule has 5 heteroatoms. The molecule has 0 saturated heterocycles. The highest BCUT2D eigenvalue weighted by Gasteiger charge is 2.11. The van der Waals surface area contributed by atoms with E-state index in [2.05, 4.69) is 22.8 Å². The molecule has 3 N–H and O–H groups in total. The molecular formula is C16H20N2O2S. The lowest BCUT2D eigenvalue weighted by molar-refractivity contribution is -0.114. The quantitative estimate of drug-likeness (QED) is 0.736. The van der Waals surface area contributed by atoms with E-state index in [0.29, 0.717) is 6.54 Å². The molecule has 0 aliphatic rings. The average molecular weight is 304 g/mol. The number of rotatable bonds is 7. The highest BCUT2D eigenvalue weighted by molar-refractivity contribution is 7.10. The van der Waals surface area contributed by atoms with Gasteiger partial charge in [0.15, 0.2) is 0 Å². The van der Waals surface area contributed by atoms with Gasteiger partial charge in [-0.05, 0) is 23.4 Å². The minimum atomic E-state index is -0.0716. The van der Waals surface area contributed by atoms with Crippen molar-refractivity contribution in [2.24, 2.45) is 0 Å². The van der Waals surface area contributed by atoms with Crippen LogP contribution in [0.1, 0.15) is 17.4 Å². The smallest absolute Gasteiger partial charge is 0.221 e. The summed E-state index contributed by atoms with van der Waals surface area (Å²) in [6.45, 7) is 2.21. The average Bonchev–Trinajstić information content (AvgIpc) is 2.91. The number of thiophene rings is 1. The van der Waals surface area contributed by atoms with E-state index >= 15 is 0 Å². The van der Waals surface area contributed by atoms with Crippen LogP contribution in [0.15, 0.2) is 41.8 Å². The van der Waals surface area contributed by atoms with E-state index in [1.54, 1.807) is 11.3 Å². The van der Waals surface area contributed by atoms with Crippen LogP contribution in [0.5, 0.6) is 0 Å². The topological polar surface area (TPSA) is 61.4 Å². The van der Waals surface area contributed by atoms with Gasteiger partial charge in [-0.1, -0.05) is 30.3 Å². The third-order valence-electron chi connectivity index (χ3n) is 3.15. The first-order valence-electron chi connectivity index (χ1n) is 6.91. The zero-order chi connectivity index (χ0) is 15.1. The number of aliphatic hydroxyl groups excluding tert-OH is 1. The number of nitrogens with one attached hydrogen (secondary N) is 2. The molecule has 2 rings (SSSR count). The molecule has 0 aliphatic heterocycles. The largest absolute Gasteiger partial charge is 0.395 e. The van der Waals surface area contributed by atoms with Crippen LogP contribution in [0.2, 0.25) is 0 Å². The molecule has 1 amide bonds. The van der Waals surface area contributed by atoms with Crippen molar-refractivity contribution in [3.8, 4) is 0 Å². The summed E-state index contributed by atoms with van der Waals surface area (Å²) in [4.78, 5) is 12.2. The predicted molar refractivity (Wildman–Crippen MR) is 86.5 cm³/mol. The van der Waals surface area contributed by atoms with Crippen molar-refractivity contribution in [1.82, 2.24) is 5.32 Å². The number of anilines is 1. The highest BCUT2D eigenvalue weighted by Crippen LogP contribution is 2.22. The van der Waals surface area contributed by atoms with Gasteiger partial charge in [-0.2, -0.15) is 0 Å². The number of carbonyl (C=O) groups excluding carboxylic acids is 1. The molecule has 4 nitrogen and oxygen atoms in total. The predicted octanol–water partition coefficient (Wildman–Crippen LogP) is 2.40. The number of benzene rings is 1. The summed E-state index contributed by atoms with van der Waals surface area (Å²) in [5, 5.41) is 17.6. The third kappa shape index (κ3) is 4.97. The second kappa shape index (κ2) is 7.93. The SMILES string of the molecule is CC(=O)Nc1ccsc1CNC(CO)Cc1ccccc1. The van der Waals surface area contributed by atoms with Crippen molar-refractivity contribution in [3.05, 3.63) is 52.2 Å². The maximum absolute atomic E-state index is 11.1. The van der Waals surface area contributed by atoms with Gasteiger partial charge in [0.2, 0.25) is 5.91 Å². The molecule has 1 atom stereocenters. The lowest BCUT2D eigenvalue weighted by Gasteiger charge is -2.16. The van der Waals surface area contributed by atoms with Crippen molar-refractivity contribution in [3.63, 3.8) is 0 Å². The molecule has 0 aliphatic carbocycles. The Labute approximate surface area is 128 Å². The van der Waals surface area contributed by atoms with Crippen molar-refractivity contribution in [2.45, 2.75) is 25.9 Å². The van der Waals surface area contributed by atoms with Crippen LogP contribution in [0.4, 0.5) is 5.69 Å². The zero-order valence-corrected chi connectivity index (χ0v) is 12.8. The Morgan fingerprint density at radius 2 is 2.05 bits per heavy atom. The Balaban J connectivity index is 1.91. The van der Waals surface area contributed by atoms with Crippen molar-refractivity contribution in [1.29, 1.82) is 0 Å². The number of hydrogen-bond donors (Lipinski definition) is 3. The van der Waals surface area contributed by atoms with Gasteiger partial charge in [-0.25, -0.2) is 0 Å². The van der Waals surface area contributed by atoms with Gasteiger partial charge < -0.3 is 15.7 Å². The van der Waals surface area contributed by atoms with Gasteiger partial charge in [0.05, 0.1) is 12.3 Å². The van der Waals surface area contributed by atoms with Crippen LogP contribution in [0, 0.1) is 0 Å². The van der Waals surface area contributed by atoms with Gasteiger partial charge in [-0.3, -0.25) is 4.79 Å². The normalized spacial score (nSPS) is 12.1. The summed E-state index contributed by atoms with van der Waals surface area (Å²) in [6, 6.07) is 12.0. The van der Waals surface area contributed by atoms with E-state index < -0.39 is 0 Å². The molecule has 0 bridgehead atoms. The lowest BCUT2D eigenvalue weighted by atomic mass is 10.1. The van der Waals surface area contributed by atoms with Crippen LogP contribution < -0.4 is 10.6 Å². The van der Waals surface area contributed by atoms with E-state index in [4.69, 9.17) is 0 Å². The van der Waals surface area contributed by atoms with E-state index in [-0.39, 0.29) is 18.6 Å². The first kappa shape index (κ1) is 15.7. The summed E-state index contributed by atoms with van der Waals surface area (Å²) in [5.74, 6) is -0.0716. The zero-order valence-electron chi connectivity index (χ0n) is 12.0. The minimum absolute atomic E-state index is 0.000298. The summed E-state index contributed by atoms with van der Waals surface area (Å²) in [7, 11) is 0.